The predicted molar refractivity (Wildman–Crippen MR) is 73.0 cm³/mol. The maximum absolute atomic E-state index is 11.8. The van der Waals surface area contributed by atoms with Gasteiger partial charge in [0.05, 0.1) is 0 Å². The summed E-state index contributed by atoms with van der Waals surface area (Å²) in [5.41, 5.74) is -0.170. The summed E-state index contributed by atoms with van der Waals surface area (Å²) in [7, 11) is 0. The molecule has 2 saturated heterocycles. The van der Waals surface area contributed by atoms with E-state index in [1.165, 1.54) is 6.42 Å². The van der Waals surface area contributed by atoms with E-state index in [0.717, 1.165) is 26.1 Å². The molecule has 0 radical (unpaired) electrons. The van der Waals surface area contributed by atoms with Gasteiger partial charge in [0.2, 0.25) is 0 Å². The minimum absolute atomic E-state index is 0.173. The van der Waals surface area contributed by atoms with Crippen LogP contribution >= 0.6 is 0 Å². The Bertz CT molecular complexity index is 413. The van der Waals surface area contributed by atoms with Crippen LogP contribution in [0.4, 0.5) is 4.79 Å². The monoisotopic (exact) mass is 302 g/mol. The molecular weight excluding hydrogens is 280 g/mol. The summed E-state index contributed by atoms with van der Waals surface area (Å²) in [5.74, 6) is -3.65. The van der Waals surface area contributed by atoms with Gasteiger partial charge in [0.15, 0.2) is 0 Å². The van der Waals surface area contributed by atoms with Crippen LogP contribution in [-0.2, 0) is 14.3 Å². The van der Waals surface area contributed by atoms with E-state index in [1.54, 1.807) is 0 Å². The van der Waals surface area contributed by atoms with Gasteiger partial charge in [-0.05, 0) is 40.2 Å². The van der Waals surface area contributed by atoms with Crippen LogP contribution in [0.5, 0.6) is 0 Å². The molecule has 8 heteroatoms. The lowest BCUT2D eigenvalue weighted by Crippen LogP contribution is -2.58. The summed E-state index contributed by atoms with van der Waals surface area (Å²) in [5, 5.41) is 18.2. The fraction of sp³-hybridized carbons (Fsp3) is 0.769. The third kappa shape index (κ3) is 5.22. The van der Waals surface area contributed by atoms with E-state index in [2.05, 4.69) is 5.32 Å². The summed E-state index contributed by atoms with van der Waals surface area (Å²) in [6, 6.07) is 0. The molecule has 1 atom stereocenters. The summed E-state index contributed by atoms with van der Waals surface area (Å²) >= 11 is 0. The fourth-order valence-electron chi connectivity index (χ4n) is 2.18. The van der Waals surface area contributed by atoms with Gasteiger partial charge in [-0.15, -0.1) is 0 Å². The third-order valence-electron chi connectivity index (χ3n) is 3.29. The van der Waals surface area contributed by atoms with Gasteiger partial charge in [0.1, 0.15) is 5.60 Å². The lowest BCUT2D eigenvalue weighted by Gasteiger charge is -2.39. The second kappa shape index (κ2) is 6.30. The highest BCUT2D eigenvalue weighted by Crippen LogP contribution is 2.30. The molecule has 1 unspecified atom stereocenters. The van der Waals surface area contributed by atoms with Crippen molar-refractivity contribution in [2.45, 2.75) is 44.8 Å². The number of ether oxygens (including phenoxy) is 1. The minimum Gasteiger partial charge on any atom is -0.473 e. The molecule has 0 bridgehead atoms. The Hall–Kier alpha value is -1.83. The highest BCUT2D eigenvalue weighted by molar-refractivity contribution is 6.27. The molecule has 0 aromatic rings. The zero-order chi connectivity index (χ0) is 16.3. The average Bonchev–Trinajstić information content (AvgIpc) is 2.72. The average molecular weight is 302 g/mol. The molecule has 21 heavy (non-hydrogen) atoms. The highest BCUT2D eigenvalue weighted by atomic mass is 16.6. The van der Waals surface area contributed by atoms with E-state index in [9.17, 15) is 4.79 Å². The van der Waals surface area contributed by atoms with Gasteiger partial charge in [0, 0.05) is 18.6 Å². The zero-order valence-corrected chi connectivity index (χ0v) is 12.5. The number of hydrogen-bond donors (Lipinski definition) is 3. The Morgan fingerprint density at radius 2 is 1.67 bits per heavy atom. The normalized spacial score (nSPS) is 23.9. The van der Waals surface area contributed by atoms with Crippen LogP contribution < -0.4 is 5.32 Å². The first kappa shape index (κ1) is 17.2. The summed E-state index contributed by atoms with van der Waals surface area (Å²) in [6.45, 7) is 8.42. The number of hydrogen-bond acceptors (Lipinski definition) is 5. The van der Waals surface area contributed by atoms with Crippen molar-refractivity contribution >= 4 is 18.0 Å². The number of carboxylic acids is 2. The van der Waals surface area contributed by atoms with Crippen LogP contribution in [0.15, 0.2) is 0 Å². The van der Waals surface area contributed by atoms with E-state index >= 15 is 0 Å². The Labute approximate surface area is 123 Å². The topological polar surface area (TPSA) is 116 Å². The van der Waals surface area contributed by atoms with E-state index in [4.69, 9.17) is 24.5 Å². The molecule has 2 aliphatic heterocycles. The molecule has 8 nitrogen and oxygen atoms in total. The molecule has 0 aromatic carbocycles. The molecule has 2 rings (SSSR count). The maximum Gasteiger partial charge on any atom is 0.414 e. The van der Waals surface area contributed by atoms with E-state index in [-0.39, 0.29) is 17.2 Å². The molecule has 120 valence electrons. The van der Waals surface area contributed by atoms with Crippen molar-refractivity contribution in [3.05, 3.63) is 0 Å². The molecule has 1 spiro atoms. The van der Waals surface area contributed by atoms with Gasteiger partial charge in [-0.2, -0.15) is 0 Å². The number of carbonyl (C=O) groups excluding carboxylic acids is 1. The number of nitrogens with zero attached hydrogens (tertiary/aromatic N) is 1. The van der Waals surface area contributed by atoms with Crippen LogP contribution in [0.25, 0.3) is 0 Å². The molecule has 2 aliphatic rings. The van der Waals surface area contributed by atoms with Crippen molar-refractivity contribution in [3.8, 4) is 0 Å². The van der Waals surface area contributed by atoms with Gasteiger partial charge in [-0.3, -0.25) is 0 Å². The van der Waals surface area contributed by atoms with E-state index in [1.807, 2.05) is 25.7 Å². The number of nitrogens with one attached hydrogen (secondary N) is 1. The van der Waals surface area contributed by atoms with Gasteiger partial charge >= 0.3 is 18.0 Å². The van der Waals surface area contributed by atoms with Gasteiger partial charge in [-0.1, -0.05) is 0 Å². The predicted octanol–water partition coefficient (Wildman–Crippen LogP) is 0.515. The molecule has 3 N–H and O–H groups in total. The van der Waals surface area contributed by atoms with Gasteiger partial charge in [0.25, 0.3) is 0 Å². The third-order valence-corrected chi connectivity index (χ3v) is 3.29. The van der Waals surface area contributed by atoms with Gasteiger partial charge in [-0.25, -0.2) is 14.4 Å². The molecular formula is C13H22N2O6. The van der Waals surface area contributed by atoms with Crippen molar-refractivity contribution in [1.29, 1.82) is 0 Å². The lowest BCUT2D eigenvalue weighted by molar-refractivity contribution is -0.159. The molecule has 0 saturated carbocycles. The van der Waals surface area contributed by atoms with Crippen LogP contribution in [0, 0.1) is 0 Å². The van der Waals surface area contributed by atoms with Crippen LogP contribution in [-0.4, -0.2) is 63.9 Å². The van der Waals surface area contributed by atoms with Crippen LogP contribution in [0.2, 0.25) is 0 Å². The first-order chi connectivity index (χ1) is 9.55. The summed E-state index contributed by atoms with van der Waals surface area (Å²) in [6.07, 6.45) is 2.08. The summed E-state index contributed by atoms with van der Waals surface area (Å²) in [4.78, 5) is 31.8. The zero-order valence-electron chi connectivity index (χ0n) is 12.5. The fourth-order valence-corrected chi connectivity index (χ4v) is 2.18. The Balaban J connectivity index is 0.000000315. The lowest BCUT2D eigenvalue weighted by atomic mass is 9.87. The molecule has 1 amide bonds. The molecule has 0 aromatic heterocycles. The van der Waals surface area contributed by atoms with Crippen molar-refractivity contribution in [3.63, 3.8) is 0 Å². The second-order valence-electron chi connectivity index (χ2n) is 6.22. The Morgan fingerprint density at radius 1 is 1.14 bits per heavy atom. The van der Waals surface area contributed by atoms with Crippen molar-refractivity contribution < 1.29 is 29.3 Å². The number of carbonyl (C=O) groups is 3. The maximum atomic E-state index is 11.8. The number of amides is 1. The largest absolute Gasteiger partial charge is 0.473 e. The van der Waals surface area contributed by atoms with E-state index in [0.29, 0.717) is 0 Å². The standard InChI is InChI=1S/C11H20N2O2.C2H2O4/c1-10(2,3)15-9(14)13-7-5-11(8-13)4-6-12-11;3-1(4)2(5)6/h12H,4-8H2,1-3H3;(H,3,4)(H,5,6). The first-order valence-electron chi connectivity index (χ1n) is 6.74. The first-order valence-corrected chi connectivity index (χ1v) is 6.74. The second-order valence-corrected chi connectivity index (χ2v) is 6.22. The van der Waals surface area contributed by atoms with Gasteiger partial charge < -0.3 is 25.2 Å². The molecule has 2 heterocycles. The smallest absolute Gasteiger partial charge is 0.414 e. The number of carboxylic acid groups (broad SMARTS) is 2. The van der Waals surface area contributed by atoms with Crippen molar-refractivity contribution in [1.82, 2.24) is 10.2 Å². The Kier molecular flexibility index (Phi) is 5.16. The minimum atomic E-state index is -1.82. The van der Waals surface area contributed by atoms with Crippen molar-refractivity contribution in [2.24, 2.45) is 0 Å². The van der Waals surface area contributed by atoms with Crippen LogP contribution in [0.1, 0.15) is 33.6 Å². The SMILES string of the molecule is CC(C)(C)OC(=O)N1CCC2(CCN2)C1.O=C(O)C(=O)O. The number of aliphatic carboxylic acids is 2. The molecule has 0 aliphatic carbocycles. The number of rotatable bonds is 0. The van der Waals surface area contributed by atoms with E-state index < -0.39 is 11.9 Å². The number of likely N-dealkylation sites (tertiary alicyclic amines) is 1. The van der Waals surface area contributed by atoms with Crippen LogP contribution in [0.3, 0.4) is 0 Å². The van der Waals surface area contributed by atoms with Crippen molar-refractivity contribution in [2.75, 3.05) is 19.6 Å². The Morgan fingerprint density at radius 3 is 1.95 bits per heavy atom. The highest BCUT2D eigenvalue weighted by Gasteiger charge is 2.44. The molecule has 2 fully saturated rings. The quantitative estimate of drug-likeness (QED) is 0.558. The summed E-state index contributed by atoms with van der Waals surface area (Å²) < 4.78 is 5.34.